The number of hydrogen-bond acceptors (Lipinski definition) is 5. The number of carbonyl (C=O) groups excluding carboxylic acids is 1. The van der Waals surface area contributed by atoms with E-state index in [1.807, 2.05) is 24.3 Å². The minimum Gasteiger partial charge on any atom is -0.481 e. The summed E-state index contributed by atoms with van der Waals surface area (Å²) in [5, 5.41) is 10.2. The summed E-state index contributed by atoms with van der Waals surface area (Å²) in [6.45, 7) is 1.70. The third kappa shape index (κ3) is 4.41. The molecule has 2 aromatic carbocycles. The summed E-state index contributed by atoms with van der Waals surface area (Å²) < 4.78 is 6.67. The van der Waals surface area contributed by atoms with Gasteiger partial charge in [-0.3, -0.25) is 9.69 Å². The molecule has 3 rings (SSSR count). The normalized spacial score (nSPS) is 11.8. The van der Waals surface area contributed by atoms with Gasteiger partial charge in [-0.15, -0.1) is 10.2 Å². The van der Waals surface area contributed by atoms with Gasteiger partial charge >= 0.3 is 0 Å². The Bertz CT molecular complexity index is 900. The zero-order valence-corrected chi connectivity index (χ0v) is 17.2. The highest BCUT2D eigenvalue weighted by Crippen LogP contribution is 2.29. The molecule has 1 heterocycles. The van der Waals surface area contributed by atoms with Crippen LogP contribution in [0, 0.1) is 0 Å². The fourth-order valence-electron chi connectivity index (χ4n) is 2.19. The Morgan fingerprint density at radius 1 is 1.15 bits per heavy atom. The first-order valence-corrected chi connectivity index (χ1v) is 9.72. The van der Waals surface area contributed by atoms with Crippen molar-refractivity contribution in [3.8, 4) is 16.3 Å². The highest BCUT2D eigenvalue weighted by Gasteiger charge is 2.23. The smallest absolute Gasteiger partial charge is 0.269 e. The van der Waals surface area contributed by atoms with Crippen LogP contribution in [0.5, 0.6) is 5.75 Å². The van der Waals surface area contributed by atoms with Crippen LogP contribution in [0.25, 0.3) is 10.6 Å². The Balaban J connectivity index is 1.70. The molecule has 0 aliphatic rings. The van der Waals surface area contributed by atoms with Crippen LogP contribution in [0.15, 0.2) is 53.0 Å². The molecule has 1 amide bonds. The van der Waals surface area contributed by atoms with Crippen molar-refractivity contribution >= 4 is 49.9 Å². The lowest BCUT2D eigenvalue weighted by Crippen LogP contribution is -2.38. The Hall–Kier alpha value is -1.96. The zero-order valence-electron chi connectivity index (χ0n) is 14.0. The molecular formula is C18H15BrClN3O2S. The topological polar surface area (TPSA) is 55.3 Å². The number of halogens is 2. The average molecular weight is 453 g/mol. The molecular weight excluding hydrogens is 438 g/mol. The van der Waals surface area contributed by atoms with Crippen LogP contribution in [0.4, 0.5) is 5.13 Å². The molecule has 1 aromatic heterocycles. The van der Waals surface area contributed by atoms with Crippen LogP contribution in [-0.2, 0) is 4.79 Å². The first kappa shape index (κ1) is 18.8. The second kappa shape index (κ2) is 8.16. The van der Waals surface area contributed by atoms with Gasteiger partial charge in [-0.05, 0) is 43.3 Å². The van der Waals surface area contributed by atoms with Crippen molar-refractivity contribution in [2.75, 3.05) is 11.9 Å². The molecule has 5 nitrogen and oxygen atoms in total. The fourth-order valence-corrected chi connectivity index (χ4v) is 3.40. The van der Waals surface area contributed by atoms with E-state index in [1.54, 1.807) is 38.2 Å². The quantitative estimate of drug-likeness (QED) is 0.543. The molecule has 0 N–H and O–H groups in total. The summed E-state index contributed by atoms with van der Waals surface area (Å²) >= 11 is 10.6. The number of ether oxygens (including phenoxy) is 1. The van der Waals surface area contributed by atoms with Crippen molar-refractivity contribution in [2.45, 2.75) is 13.0 Å². The number of hydrogen-bond donors (Lipinski definition) is 0. The lowest BCUT2D eigenvalue weighted by atomic mass is 10.2. The maximum absolute atomic E-state index is 12.6. The van der Waals surface area contributed by atoms with E-state index < -0.39 is 6.10 Å². The molecule has 0 spiro atoms. The maximum Gasteiger partial charge on any atom is 0.269 e. The second-order valence-corrected chi connectivity index (χ2v) is 7.82. The van der Waals surface area contributed by atoms with E-state index in [0.717, 1.165) is 15.0 Å². The lowest BCUT2D eigenvalue weighted by Gasteiger charge is -2.19. The number of anilines is 1. The molecule has 1 atom stereocenters. The van der Waals surface area contributed by atoms with E-state index >= 15 is 0 Å². The van der Waals surface area contributed by atoms with E-state index in [0.29, 0.717) is 15.9 Å². The van der Waals surface area contributed by atoms with Crippen LogP contribution in [0.3, 0.4) is 0 Å². The molecule has 1 unspecified atom stereocenters. The fraction of sp³-hybridized carbons (Fsp3) is 0.167. The maximum atomic E-state index is 12.6. The van der Waals surface area contributed by atoms with E-state index in [9.17, 15) is 4.79 Å². The molecule has 3 aromatic rings. The van der Waals surface area contributed by atoms with E-state index in [1.165, 1.54) is 16.2 Å². The van der Waals surface area contributed by atoms with Gasteiger partial charge in [0.15, 0.2) is 6.10 Å². The Labute approximate surface area is 168 Å². The van der Waals surface area contributed by atoms with Crippen molar-refractivity contribution in [3.63, 3.8) is 0 Å². The highest BCUT2D eigenvalue weighted by atomic mass is 79.9. The molecule has 0 aliphatic carbocycles. The molecule has 0 aliphatic heterocycles. The first-order valence-electron chi connectivity index (χ1n) is 7.73. The van der Waals surface area contributed by atoms with Gasteiger partial charge in [0, 0.05) is 22.1 Å². The van der Waals surface area contributed by atoms with Crippen molar-refractivity contribution in [2.24, 2.45) is 0 Å². The summed E-state index contributed by atoms with van der Waals surface area (Å²) in [4.78, 5) is 14.1. The largest absolute Gasteiger partial charge is 0.481 e. The summed E-state index contributed by atoms with van der Waals surface area (Å²) in [6.07, 6.45) is -0.666. The molecule has 8 heteroatoms. The van der Waals surface area contributed by atoms with Crippen LogP contribution in [0.2, 0.25) is 5.02 Å². The van der Waals surface area contributed by atoms with Gasteiger partial charge in [0.1, 0.15) is 10.8 Å². The number of amides is 1. The molecule has 0 radical (unpaired) electrons. The van der Waals surface area contributed by atoms with Crippen LogP contribution in [0.1, 0.15) is 6.92 Å². The number of aromatic nitrogens is 2. The number of likely N-dealkylation sites (N-methyl/N-ethyl adjacent to an activating group) is 1. The molecule has 0 bridgehead atoms. The third-order valence-electron chi connectivity index (χ3n) is 3.60. The Morgan fingerprint density at radius 2 is 1.81 bits per heavy atom. The summed E-state index contributed by atoms with van der Waals surface area (Å²) in [5.74, 6) is 0.370. The number of carbonyl (C=O) groups is 1. The number of rotatable bonds is 5. The third-order valence-corrected chi connectivity index (χ3v) is 5.43. The average Bonchev–Trinajstić information content (AvgIpc) is 3.13. The van der Waals surface area contributed by atoms with E-state index in [2.05, 4.69) is 26.1 Å². The standard InChI is InChI=1S/C18H15BrClN3O2S/c1-11(25-15-9-7-14(20)8-10-15)17(24)23(2)18-22-21-16(26-18)12-3-5-13(19)6-4-12/h3-11H,1-2H3. The highest BCUT2D eigenvalue weighted by molar-refractivity contribution is 9.10. The molecule has 0 fully saturated rings. The van der Waals surface area contributed by atoms with Crippen molar-refractivity contribution in [1.29, 1.82) is 0 Å². The van der Waals surface area contributed by atoms with Gasteiger partial charge in [-0.2, -0.15) is 0 Å². The summed E-state index contributed by atoms with van der Waals surface area (Å²) in [7, 11) is 1.66. The van der Waals surface area contributed by atoms with Crippen molar-refractivity contribution in [3.05, 3.63) is 58.0 Å². The van der Waals surface area contributed by atoms with E-state index in [4.69, 9.17) is 16.3 Å². The predicted octanol–water partition coefficient (Wildman–Crippen LogP) is 5.05. The number of benzene rings is 2. The zero-order chi connectivity index (χ0) is 18.7. The van der Waals surface area contributed by atoms with Gasteiger partial charge in [-0.25, -0.2) is 0 Å². The van der Waals surface area contributed by atoms with Crippen LogP contribution in [-0.4, -0.2) is 29.3 Å². The van der Waals surface area contributed by atoms with Crippen LogP contribution >= 0.6 is 38.9 Å². The van der Waals surface area contributed by atoms with Gasteiger partial charge in [0.2, 0.25) is 5.13 Å². The van der Waals surface area contributed by atoms with Gasteiger partial charge in [0.25, 0.3) is 5.91 Å². The van der Waals surface area contributed by atoms with E-state index in [-0.39, 0.29) is 5.91 Å². The number of nitrogens with zero attached hydrogens (tertiary/aromatic N) is 3. The molecule has 0 saturated carbocycles. The Morgan fingerprint density at radius 3 is 2.46 bits per heavy atom. The lowest BCUT2D eigenvalue weighted by molar-refractivity contribution is -0.124. The van der Waals surface area contributed by atoms with Gasteiger partial charge in [0.05, 0.1) is 0 Å². The second-order valence-electron chi connectivity index (χ2n) is 5.51. The Kier molecular flexibility index (Phi) is 5.90. The SMILES string of the molecule is CC(Oc1ccc(Cl)cc1)C(=O)N(C)c1nnc(-c2ccc(Br)cc2)s1. The molecule has 26 heavy (non-hydrogen) atoms. The van der Waals surface area contributed by atoms with Gasteiger partial charge in [-0.1, -0.05) is 51.0 Å². The summed E-state index contributed by atoms with van der Waals surface area (Å²) in [6, 6.07) is 14.6. The first-order chi connectivity index (χ1) is 12.4. The monoisotopic (exact) mass is 451 g/mol. The predicted molar refractivity (Wildman–Crippen MR) is 108 cm³/mol. The minimum absolute atomic E-state index is 0.210. The van der Waals surface area contributed by atoms with Gasteiger partial charge < -0.3 is 4.74 Å². The summed E-state index contributed by atoms with van der Waals surface area (Å²) in [5.41, 5.74) is 0.947. The van der Waals surface area contributed by atoms with Crippen molar-refractivity contribution in [1.82, 2.24) is 10.2 Å². The molecule has 0 saturated heterocycles. The van der Waals surface area contributed by atoms with Crippen LogP contribution < -0.4 is 9.64 Å². The van der Waals surface area contributed by atoms with Crippen molar-refractivity contribution < 1.29 is 9.53 Å². The minimum atomic E-state index is -0.666. The molecule has 134 valence electrons.